The second-order valence-electron chi connectivity index (χ2n) is 3.63. The Balaban J connectivity index is 2.38. The quantitative estimate of drug-likeness (QED) is 0.785. The Labute approximate surface area is 101 Å². The van der Waals surface area contributed by atoms with Crippen molar-refractivity contribution in [1.82, 2.24) is 4.98 Å². The van der Waals surface area contributed by atoms with E-state index in [2.05, 4.69) is 11.1 Å². The second-order valence-corrected chi connectivity index (χ2v) is 4.04. The van der Waals surface area contributed by atoms with E-state index in [1.807, 2.05) is 43.1 Å². The lowest BCUT2D eigenvalue weighted by Gasteiger charge is -2.19. The summed E-state index contributed by atoms with van der Waals surface area (Å²) in [5, 5.41) is 0.730. The Morgan fingerprint density at radius 3 is 2.81 bits per heavy atom. The van der Waals surface area contributed by atoms with Crippen LogP contribution in [0.1, 0.15) is 5.56 Å². The minimum atomic E-state index is 0.730. The van der Waals surface area contributed by atoms with Crippen LogP contribution >= 0.6 is 11.6 Å². The van der Waals surface area contributed by atoms with E-state index in [0.717, 1.165) is 22.1 Å². The molecule has 0 saturated heterocycles. The van der Waals surface area contributed by atoms with E-state index in [4.69, 9.17) is 11.6 Å². The number of aryl methyl sites for hydroxylation is 1. The van der Waals surface area contributed by atoms with E-state index >= 15 is 0 Å². The molecule has 2 aromatic rings. The monoisotopic (exact) mass is 231 g/mol. The van der Waals surface area contributed by atoms with Crippen molar-refractivity contribution in [3.8, 4) is 0 Å². The van der Waals surface area contributed by atoms with Crippen LogP contribution in [0.15, 0.2) is 36.5 Å². The van der Waals surface area contributed by atoms with Crippen molar-refractivity contribution in [2.24, 2.45) is 0 Å². The Morgan fingerprint density at radius 2 is 2.19 bits per heavy atom. The lowest BCUT2D eigenvalue weighted by atomic mass is 10.2. The number of aromatic nitrogens is 1. The highest BCUT2D eigenvalue weighted by Crippen LogP contribution is 2.29. The van der Waals surface area contributed by atoms with Crippen LogP contribution in [0.3, 0.4) is 0 Å². The smallest absolute Gasteiger partial charge is 0.133 e. The van der Waals surface area contributed by atoms with Crippen LogP contribution in [0.4, 0.5) is 11.5 Å². The van der Waals surface area contributed by atoms with Crippen molar-refractivity contribution in [1.29, 1.82) is 0 Å². The van der Waals surface area contributed by atoms with Gasteiger partial charge in [0.15, 0.2) is 0 Å². The molecule has 0 fully saturated rings. The molecule has 2 rings (SSSR count). The number of pyridine rings is 1. The number of hydrogen-bond acceptors (Lipinski definition) is 2. The summed E-state index contributed by atoms with van der Waals surface area (Å²) < 4.78 is 0. The molecule has 1 radical (unpaired) electrons. The molecule has 0 aliphatic heterocycles. The Hall–Kier alpha value is -1.54. The number of nitrogens with zero attached hydrogens (tertiary/aromatic N) is 2. The van der Waals surface area contributed by atoms with Gasteiger partial charge in [-0.1, -0.05) is 17.7 Å². The van der Waals surface area contributed by atoms with Crippen molar-refractivity contribution in [3.05, 3.63) is 53.2 Å². The molecule has 0 N–H and O–H groups in total. The minimum Gasteiger partial charge on any atom is -0.328 e. The van der Waals surface area contributed by atoms with Gasteiger partial charge in [0.2, 0.25) is 0 Å². The van der Waals surface area contributed by atoms with Crippen molar-refractivity contribution in [3.63, 3.8) is 0 Å². The van der Waals surface area contributed by atoms with E-state index < -0.39 is 0 Å². The third-order valence-corrected chi connectivity index (χ3v) is 2.70. The van der Waals surface area contributed by atoms with Crippen LogP contribution in [0.2, 0.25) is 5.02 Å². The number of anilines is 2. The molecule has 0 spiro atoms. The Bertz CT molecular complexity index is 483. The van der Waals surface area contributed by atoms with E-state index in [9.17, 15) is 0 Å². The standard InChI is InChI=1S/C13H12ClN2/c1-10-6-7-12(11(14)9-10)16(2)13-5-3-4-8-15-13/h4-9H,1-2H3. The second kappa shape index (κ2) is 4.54. The fourth-order valence-electron chi connectivity index (χ4n) is 1.51. The summed E-state index contributed by atoms with van der Waals surface area (Å²) in [6.07, 6.45) is 1.72. The molecule has 0 saturated carbocycles. The van der Waals surface area contributed by atoms with Gasteiger partial charge in [-0.3, -0.25) is 0 Å². The van der Waals surface area contributed by atoms with Gasteiger partial charge in [0.25, 0.3) is 0 Å². The van der Waals surface area contributed by atoms with Crippen molar-refractivity contribution < 1.29 is 0 Å². The van der Waals surface area contributed by atoms with E-state index in [0.29, 0.717) is 0 Å². The first-order chi connectivity index (χ1) is 7.68. The van der Waals surface area contributed by atoms with Gasteiger partial charge >= 0.3 is 0 Å². The predicted molar refractivity (Wildman–Crippen MR) is 67.3 cm³/mol. The summed E-state index contributed by atoms with van der Waals surface area (Å²) >= 11 is 6.19. The van der Waals surface area contributed by atoms with Gasteiger partial charge < -0.3 is 4.90 Å². The zero-order valence-corrected chi connectivity index (χ0v) is 9.99. The van der Waals surface area contributed by atoms with Gasteiger partial charge in [0.1, 0.15) is 5.82 Å². The Kier molecular flexibility index (Phi) is 3.11. The molecule has 0 aliphatic rings. The van der Waals surface area contributed by atoms with Crippen LogP contribution in [-0.2, 0) is 0 Å². The molecule has 3 heteroatoms. The molecule has 0 amide bonds. The highest BCUT2D eigenvalue weighted by Gasteiger charge is 2.08. The maximum absolute atomic E-state index is 6.19. The lowest BCUT2D eigenvalue weighted by Crippen LogP contribution is -2.11. The zero-order chi connectivity index (χ0) is 11.5. The summed E-state index contributed by atoms with van der Waals surface area (Å²) in [5.74, 6) is 0.827. The number of benzene rings is 1. The maximum atomic E-state index is 6.19. The molecule has 16 heavy (non-hydrogen) atoms. The van der Waals surface area contributed by atoms with Gasteiger partial charge in [-0.05, 0) is 42.8 Å². The molecule has 1 aromatic heterocycles. The molecule has 2 nitrogen and oxygen atoms in total. The summed E-state index contributed by atoms with van der Waals surface area (Å²) in [5.41, 5.74) is 2.09. The number of rotatable bonds is 2. The third kappa shape index (κ3) is 2.17. The first-order valence-corrected chi connectivity index (χ1v) is 5.38. The van der Waals surface area contributed by atoms with Crippen molar-refractivity contribution >= 4 is 23.1 Å². The highest BCUT2D eigenvalue weighted by molar-refractivity contribution is 6.33. The van der Waals surface area contributed by atoms with Gasteiger partial charge in [0.05, 0.1) is 10.7 Å². The average Bonchev–Trinajstić information content (AvgIpc) is 2.29. The van der Waals surface area contributed by atoms with Crippen LogP contribution < -0.4 is 4.90 Å². The SMILES string of the molecule is Cc1ccc(N(C)c2c[c]ccn2)c(Cl)c1. The predicted octanol–water partition coefficient (Wildman–Crippen LogP) is 3.61. The van der Waals surface area contributed by atoms with Gasteiger partial charge in [-0.25, -0.2) is 4.98 Å². The largest absolute Gasteiger partial charge is 0.328 e. The molecular formula is C13H12ClN2. The molecule has 0 atom stereocenters. The fraction of sp³-hybridized carbons (Fsp3) is 0.154. The van der Waals surface area contributed by atoms with Crippen molar-refractivity contribution in [2.75, 3.05) is 11.9 Å². The minimum absolute atomic E-state index is 0.730. The maximum Gasteiger partial charge on any atom is 0.133 e. The number of hydrogen-bond donors (Lipinski definition) is 0. The van der Waals surface area contributed by atoms with E-state index in [-0.39, 0.29) is 0 Å². The summed E-state index contributed by atoms with van der Waals surface area (Å²) in [7, 11) is 1.94. The van der Waals surface area contributed by atoms with E-state index in [1.165, 1.54) is 0 Å². The highest BCUT2D eigenvalue weighted by atomic mass is 35.5. The van der Waals surface area contributed by atoms with Gasteiger partial charge in [-0.15, -0.1) is 0 Å². The molecule has 0 unspecified atom stereocenters. The Morgan fingerprint density at radius 1 is 1.38 bits per heavy atom. The summed E-state index contributed by atoms with van der Waals surface area (Å²) in [6, 6.07) is 12.6. The third-order valence-electron chi connectivity index (χ3n) is 2.40. The first kappa shape index (κ1) is 11.0. The van der Waals surface area contributed by atoms with Gasteiger partial charge in [0, 0.05) is 13.2 Å². The lowest BCUT2D eigenvalue weighted by molar-refractivity contribution is 1.12. The summed E-state index contributed by atoms with van der Waals surface area (Å²) in [6.45, 7) is 2.02. The van der Waals surface area contributed by atoms with Crippen molar-refractivity contribution in [2.45, 2.75) is 6.92 Å². The summed E-state index contributed by atoms with van der Waals surface area (Å²) in [4.78, 5) is 6.20. The molecule has 0 bridgehead atoms. The van der Waals surface area contributed by atoms with Crippen LogP contribution in [0.25, 0.3) is 0 Å². The zero-order valence-electron chi connectivity index (χ0n) is 9.24. The first-order valence-electron chi connectivity index (χ1n) is 5.00. The van der Waals surface area contributed by atoms with Gasteiger partial charge in [-0.2, -0.15) is 0 Å². The molecular weight excluding hydrogens is 220 g/mol. The average molecular weight is 232 g/mol. The van der Waals surface area contributed by atoms with Crippen LogP contribution in [0.5, 0.6) is 0 Å². The molecule has 0 aliphatic carbocycles. The molecule has 81 valence electrons. The van der Waals surface area contributed by atoms with E-state index in [1.54, 1.807) is 12.3 Å². The molecule has 1 aromatic carbocycles. The molecule has 1 heterocycles. The number of halogens is 1. The fourth-order valence-corrected chi connectivity index (χ4v) is 1.87. The van der Waals surface area contributed by atoms with Crippen LogP contribution in [0, 0.1) is 13.0 Å². The topological polar surface area (TPSA) is 16.1 Å². The normalized spacial score (nSPS) is 10.2. The van der Waals surface area contributed by atoms with Crippen LogP contribution in [-0.4, -0.2) is 12.0 Å².